The van der Waals surface area contributed by atoms with E-state index in [1.807, 2.05) is 36.7 Å². The van der Waals surface area contributed by atoms with Gasteiger partial charge in [0.2, 0.25) is 0 Å². The molecule has 0 aliphatic carbocycles. The Balaban J connectivity index is 0.995. The number of anilines is 2. The number of rotatable bonds is 6. The van der Waals surface area contributed by atoms with E-state index in [0.717, 1.165) is 55.4 Å². The van der Waals surface area contributed by atoms with Crippen LogP contribution in [0.25, 0.3) is 46.1 Å². The maximum atomic E-state index is 4.45. The molecule has 42 heavy (non-hydrogen) atoms. The van der Waals surface area contributed by atoms with Crippen LogP contribution in [0.4, 0.5) is 11.4 Å². The number of nitrogens with zero attached hydrogens (tertiary/aromatic N) is 4. The van der Waals surface area contributed by atoms with Gasteiger partial charge in [-0.2, -0.15) is 0 Å². The van der Waals surface area contributed by atoms with Gasteiger partial charge in [-0.1, -0.05) is 85.0 Å². The van der Waals surface area contributed by atoms with Gasteiger partial charge in [0.1, 0.15) is 0 Å². The zero-order valence-electron chi connectivity index (χ0n) is 23.0. The molecule has 1 aliphatic heterocycles. The minimum atomic E-state index is 1.01. The Hall–Kier alpha value is -5.74. The fourth-order valence-corrected chi connectivity index (χ4v) is 5.14. The largest absolute Gasteiger partial charge is 0.321 e. The van der Waals surface area contributed by atoms with Gasteiger partial charge in [-0.25, -0.2) is 0 Å². The summed E-state index contributed by atoms with van der Waals surface area (Å²) in [4.78, 5) is 13.2. The van der Waals surface area contributed by atoms with E-state index < -0.39 is 0 Å². The molecule has 0 amide bonds. The average Bonchev–Trinajstić information content (AvgIpc) is 3.07. The third-order valence-corrected chi connectivity index (χ3v) is 7.43. The Morgan fingerprint density at radius 3 is 1.24 bits per heavy atom. The van der Waals surface area contributed by atoms with Gasteiger partial charge < -0.3 is 9.80 Å². The summed E-state index contributed by atoms with van der Waals surface area (Å²) in [6.45, 7) is 0. The average molecular weight is 541 g/mol. The molecule has 2 aromatic heterocycles. The van der Waals surface area contributed by atoms with Crippen LogP contribution in [0.5, 0.6) is 0 Å². The molecular weight excluding hydrogens is 512 g/mol. The van der Waals surface area contributed by atoms with Crippen LogP contribution in [0.2, 0.25) is 0 Å². The van der Waals surface area contributed by atoms with Crippen LogP contribution >= 0.6 is 0 Å². The number of hydrogen-bond acceptors (Lipinski definition) is 4. The van der Waals surface area contributed by atoms with Crippen molar-refractivity contribution in [2.45, 2.75) is 0 Å². The van der Waals surface area contributed by atoms with E-state index in [0.29, 0.717) is 0 Å². The summed E-state index contributed by atoms with van der Waals surface area (Å²) in [6, 6.07) is 37.7. The second-order valence-corrected chi connectivity index (χ2v) is 10.1. The normalized spacial score (nSPS) is 13.2. The Kier molecular flexibility index (Phi) is 6.85. The topological polar surface area (TPSA) is 32.3 Å². The van der Waals surface area contributed by atoms with Gasteiger partial charge in [0, 0.05) is 59.3 Å². The van der Waals surface area contributed by atoms with Gasteiger partial charge in [0.05, 0.1) is 11.0 Å². The molecule has 6 aromatic rings. The molecule has 0 saturated carbocycles. The Labute approximate surface area is 245 Å². The highest BCUT2D eigenvalue weighted by Gasteiger charge is 2.08. The van der Waals surface area contributed by atoms with Crippen LogP contribution in [0, 0.1) is 0 Å². The molecular formula is C38H28N4. The predicted octanol–water partition coefficient (Wildman–Crippen LogP) is 9.39. The van der Waals surface area contributed by atoms with Crippen molar-refractivity contribution in [3.05, 3.63) is 169 Å². The number of benzene rings is 4. The maximum Gasteiger partial charge on any atom is 0.0707 e. The first-order chi connectivity index (χ1) is 20.8. The third-order valence-electron chi connectivity index (χ3n) is 7.43. The van der Waals surface area contributed by atoms with Crippen molar-refractivity contribution in [1.82, 2.24) is 9.97 Å². The van der Waals surface area contributed by atoms with Crippen molar-refractivity contribution in [3.8, 4) is 0 Å². The number of aromatic nitrogens is 2. The predicted molar refractivity (Wildman–Crippen MR) is 177 cm³/mol. The molecule has 4 aromatic carbocycles. The fraction of sp³-hybridized carbons (Fsp3) is 0. The van der Waals surface area contributed by atoms with E-state index in [4.69, 9.17) is 0 Å². The zero-order chi connectivity index (χ0) is 28.1. The van der Waals surface area contributed by atoms with Crippen molar-refractivity contribution >= 4 is 57.5 Å². The molecule has 1 aliphatic rings. The molecule has 0 radical (unpaired) electrons. The summed E-state index contributed by atoms with van der Waals surface area (Å²) in [5, 5.41) is 2.32. The monoisotopic (exact) mass is 540 g/mol. The number of fused-ring (bicyclic) bond motifs is 2. The van der Waals surface area contributed by atoms with Gasteiger partial charge in [-0.3, -0.25) is 9.97 Å². The lowest BCUT2D eigenvalue weighted by atomic mass is 10.1. The lowest BCUT2D eigenvalue weighted by molar-refractivity contribution is 1.15. The first kappa shape index (κ1) is 25.2. The van der Waals surface area contributed by atoms with Crippen LogP contribution in [-0.2, 0) is 0 Å². The summed E-state index contributed by atoms with van der Waals surface area (Å²) in [7, 11) is 0. The van der Waals surface area contributed by atoms with Gasteiger partial charge in [-0.05, 0) is 70.8 Å². The molecule has 3 heterocycles. The van der Waals surface area contributed by atoms with Crippen molar-refractivity contribution < 1.29 is 0 Å². The highest BCUT2D eigenvalue weighted by atomic mass is 15.2. The molecule has 200 valence electrons. The standard InChI is InChI=1S/C38H28N4/c1-3-7-37-35(5-1)31(21-23-39-37)15-9-29-11-17-33(18-12-29)41-25-27-42(28-26-41)34-19-13-30(14-20-34)10-16-32-22-24-40-38-8-4-2-6-36(32)38/h1-28H. The van der Waals surface area contributed by atoms with Crippen LogP contribution in [-0.4, -0.2) is 9.97 Å². The highest BCUT2D eigenvalue weighted by molar-refractivity contribution is 5.91. The van der Waals surface area contributed by atoms with Gasteiger partial charge in [-0.15, -0.1) is 0 Å². The fourth-order valence-electron chi connectivity index (χ4n) is 5.14. The zero-order valence-corrected chi connectivity index (χ0v) is 23.0. The van der Waals surface area contributed by atoms with Crippen LogP contribution in [0.1, 0.15) is 22.3 Å². The number of para-hydroxylation sites is 2. The summed E-state index contributed by atoms with van der Waals surface area (Å²) in [5.74, 6) is 0. The Morgan fingerprint density at radius 2 is 0.810 bits per heavy atom. The summed E-state index contributed by atoms with van der Waals surface area (Å²) in [5.41, 5.74) is 8.87. The van der Waals surface area contributed by atoms with Gasteiger partial charge in [0.15, 0.2) is 0 Å². The molecule has 0 atom stereocenters. The van der Waals surface area contributed by atoms with Crippen LogP contribution in [0.15, 0.2) is 146 Å². The second-order valence-electron chi connectivity index (χ2n) is 10.1. The van der Waals surface area contributed by atoms with E-state index in [1.54, 1.807) is 0 Å². The minimum absolute atomic E-state index is 1.01. The summed E-state index contributed by atoms with van der Waals surface area (Å²) < 4.78 is 0. The number of hydrogen-bond donors (Lipinski definition) is 0. The molecule has 0 N–H and O–H groups in total. The van der Waals surface area contributed by atoms with Crippen molar-refractivity contribution in [3.63, 3.8) is 0 Å². The van der Waals surface area contributed by atoms with Crippen molar-refractivity contribution in [2.24, 2.45) is 0 Å². The lowest BCUT2D eigenvalue weighted by Gasteiger charge is -2.25. The number of pyridine rings is 2. The molecule has 4 heteroatoms. The smallest absolute Gasteiger partial charge is 0.0707 e. The van der Waals surface area contributed by atoms with Crippen molar-refractivity contribution in [2.75, 3.05) is 9.80 Å². The highest BCUT2D eigenvalue weighted by Crippen LogP contribution is 2.25. The van der Waals surface area contributed by atoms with E-state index in [9.17, 15) is 0 Å². The summed E-state index contributed by atoms with van der Waals surface area (Å²) >= 11 is 0. The Bertz CT molecular complexity index is 1810. The minimum Gasteiger partial charge on any atom is -0.321 e. The van der Waals surface area contributed by atoms with E-state index in [-0.39, 0.29) is 0 Å². The molecule has 0 fully saturated rings. The van der Waals surface area contributed by atoms with Crippen LogP contribution < -0.4 is 9.80 Å². The molecule has 7 rings (SSSR count). The summed E-state index contributed by atoms with van der Waals surface area (Å²) in [6.07, 6.45) is 20.6. The first-order valence-corrected chi connectivity index (χ1v) is 14.0. The molecule has 4 nitrogen and oxygen atoms in total. The third kappa shape index (κ3) is 5.34. The molecule has 0 saturated heterocycles. The Morgan fingerprint density at radius 1 is 0.405 bits per heavy atom. The first-order valence-electron chi connectivity index (χ1n) is 14.0. The molecule has 0 bridgehead atoms. The molecule has 0 unspecified atom stereocenters. The van der Waals surface area contributed by atoms with Gasteiger partial charge in [0.25, 0.3) is 0 Å². The quantitative estimate of drug-likeness (QED) is 0.211. The van der Waals surface area contributed by atoms with Crippen LogP contribution in [0.3, 0.4) is 0 Å². The van der Waals surface area contributed by atoms with E-state index in [2.05, 4.69) is 154 Å². The lowest BCUT2D eigenvalue weighted by Crippen LogP contribution is -2.18. The maximum absolute atomic E-state index is 4.45. The van der Waals surface area contributed by atoms with Crippen molar-refractivity contribution in [1.29, 1.82) is 0 Å². The van der Waals surface area contributed by atoms with Gasteiger partial charge >= 0.3 is 0 Å². The SMILES string of the molecule is C(=Cc1ccnc2ccccc12)c1ccc(N2C=CN(c3ccc(C=Cc4ccnc5ccccc45)cc3)C=C2)cc1. The van der Waals surface area contributed by atoms with E-state index >= 15 is 0 Å². The van der Waals surface area contributed by atoms with E-state index in [1.165, 1.54) is 0 Å². The second kappa shape index (κ2) is 11.4. The molecule has 0 spiro atoms.